The first-order chi connectivity index (χ1) is 9.67. The summed E-state index contributed by atoms with van der Waals surface area (Å²) in [7, 11) is 0. The van der Waals surface area contributed by atoms with Crippen molar-refractivity contribution in [1.82, 2.24) is 20.4 Å². The minimum Gasteiger partial charge on any atom is -0.355 e. The molecular weight excluding hydrogens is 403 g/mol. The van der Waals surface area contributed by atoms with E-state index in [1.165, 1.54) is 0 Å². The summed E-state index contributed by atoms with van der Waals surface area (Å²) in [5, 5.41) is 6.23. The number of carbonyl (C=O) groups excluding carboxylic acids is 1. The van der Waals surface area contributed by atoms with Gasteiger partial charge >= 0.3 is 0 Å². The van der Waals surface area contributed by atoms with Crippen LogP contribution in [-0.4, -0.2) is 48.1 Å². The summed E-state index contributed by atoms with van der Waals surface area (Å²) in [5.41, 5.74) is 0.659. The summed E-state index contributed by atoms with van der Waals surface area (Å²) >= 11 is 2.21. The molecule has 2 aliphatic heterocycles. The summed E-state index contributed by atoms with van der Waals surface area (Å²) in [4.78, 5) is 16.6. The van der Waals surface area contributed by atoms with Crippen LogP contribution >= 0.6 is 35.0 Å². The smallest absolute Gasteiger partial charge is 0.270 e. The van der Waals surface area contributed by atoms with Crippen LogP contribution in [0.1, 0.15) is 13.8 Å². The number of hydrogen-bond acceptors (Lipinski definition) is 4. The number of hydrogen-bond donors (Lipinski definition) is 2. The van der Waals surface area contributed by atoms with Gasteiger partial charge in [0.2, 0.25) is 0 Å². The fraction of sp³-hybridized carbons (Fsp3) is 0.500. The molecule has 0 saturated carbocycles. The molecule has 0 aromatic carbocycles. The van der Waals surface area contributed by atoms with Crippen LogP contribution in [0.3, 0.4) is 0 Å². The third-order valence-corrected chi connectivity index (χ3v) is 4.61. The molecule has 0 fully saturated rings. The maximum Gasteiger partial charge on any atom is 0.270 e. The van der Waals surface area contributed by atoms with Crippen LogP contribution in [-0.2, 0) is 4.79 Å². The monoisotopic (exact) mass is 424 g/mol. The maximum atomic E-state index is 12.2. The molecule has 21 heavy (non-hydrogen) atoms. The lowest BCUT2D eigenvalue weighted by Gasteiger charge is -2.22. The average Bonchev–Trinajstić information content (AvgIpc) is 2.81. The van der Waals surface area contributed by atoms with Gasteiger partial charge in [0.05, 0.1) is 0 Å². The van der Waals surface area contributed by atoms with Crippen molar-refractivity contribution in [2.75, 3.05) is 26.2 Å². The van der Waals surface area contributed by atoms with Gasteiger partial charge in [0.1, 0.15) is 15.6 Å². The highest BCUT2D eigenvalue weighted by atomic mass is 127. The van der Waals surface area contributed by atoms with E-state index in [2.05, 4.69) is 56.9 Å². The Hall–Kier alpha value is -0.730. The first kappa shape index (κ1) is 18.3. The Labute approximate surface area is 146 Å². The molecule has 2 N–H and O–H groups in total. The van der Waals surface area contributed by atoms with E-state index in [4.69, 9.17) is 0 Å². The van der Waals surface area contributed by atoms with Crippen LogP contribution in [0.5, 0.6) is 0 Å². The van der Waals surface area contributed by atoms with E-state index < -0.39 is 0 Å². The molecule has 1 atom stereocenters. The zero-order chi connectivity index (χ0) is 14.5. The normalized spacial score (nSPS) is 19.4. The van der Waals surface area contributed by atoms with E-state index in [0.29, 0.717) is 12.2 Å². The van der Waals surface area contributed by atoms with Crippen molar-refractivity contribution in [3.8, 4) is 0 Å². The van der Waals surface area contributed by atoms with Gasteiger partial charge in [-0.1, -0.05) is 19.9 Å². The fourth-order valence-corrected chi connectivity index (χ4v) is 3.12. The van der Waals surface area contributed by atoms with Crippen molar-refractivity contribution >= 4 is 40.9 Å². The fourth-order valence-electron chi connectivity index (χ4n) is 2.25. The number of fused-ring (bicyclic) bond motifs is 1. The predicted molar refractivity (Wildman–Crippen MR) is 96.1 cm³/mol. The second-order valence-electron chi connectivity index (χ2n) is 4.67. The number of nitrogens with one attached hydrogen (secondary N) is 2. The van der Waals surface area contributed by atoms with E-state index in [9.17, 15) is 4.79 Å². The summed E-state index contributed by atoms with van der Waals surface area (Å²) in [5.74, 6) is -0.0299. The molecule has 0 aromatic heterocycles. The van der Waals surface area contributed by atoms with Crippen LogP contribution in [0.2, 0.25) is 0 Å². The van der Waals surface area contributed by atoms with E-state index in [1.54, 1.807) is 0 Å². The molecule has 0 radical (unpaired) electrons. The highest BCUT2D eigenvalue weighted by Gasteiger charge is 2.31. The van der Waals surface area contributed by atoms with E-state index in [1.807, 2.05) is 24.4 Å². The number of carbonyl (C=O) groups is 1. The summed E-state index contributed by atoms with van der Waals surface area (Å²) in [6, 6.07) is 0. The molecule has 1 amide bonds. The minimum absolute atomic E-state index is 0. The predicted octanol–water partition coefficient (Wildman–Crippen LogP) is 1.79. The molecule has 2 heterocycles. The number of halogens is 2. The average molecular weight is 425 g/mol. The Morgan fingerprint density at radius 1 is 1.43 bits per heavy atom. The molecule has 5 nitrogen and oxygen atoms in total. The van der Waals surface area contributed by atoms with Crippen LogP contribution in [0, 0.1) is 0 Å². The van der Waals surface area contributed by atoms with Crippen LogP contribution in [0.25, 0.3) is 0 Å². The molecule has 2 rings (SSSR count). The molecule has 2 aliphatic rings. The van der Waals surface area contributed by atoms with Crippen molar-refractivity contribution in [3.63, 3.8) is 0 Å². The van der Waals surface area contributed by atoms with Gasteiger partial charge in [-0.2, -0.15) is 0 Å². The number of allylic oxidation sites excluding steroid dienone is 2. The number of nitrogens with zero attached hydrogens (tertiary/aromatic N) is 2. The Balaban J connectivity index is 0.00000220. The molecule has 0 saturated heterocycles. The molecule has 7 heteroatoms. The van der Waals surface area contributed by atoms with Crippen molar-refractivity contribution in [2.45, 2.75) is 20.0 Å². The van der Waals surface area contributed by atoms with Gasteiger partial charge < -0.3 is 20.4 Å². The van der Waals surface area contributed by atoms with E-state index in [-0.39, 0.29) is 24.5 Å². The van der Waals surface area contributed by atoms with E-state index in [0.717, 1.165) is 23.3 Å². The van der Waals surface area contributed by atoms with Gasteiger partial charge in [-0.05, 0) is 47.8 Å². The molecule has 118 valence electrons. The second kappa shape index (κ2) is 8.65. The first-order valence-corrected chi connectivity index (χ1v) is 8.05. The van der Waals surface area contributed by atoms with Gasteiger partial charge in [0.25, 0.3) is 5.91 Å². The Kier molecular flexibility index (Phi) is 7.55. The van der Waals surface area contributed by atoms with Crippen LogP contribution in [0.4, 0.5) is 0 Å². The maximum absolute atomic E-state index is 12.2. The quantitative estimate of drug-likeness (QED) is 0.504. The molecule has 1 unspecified atom stereocenters. The van der Waals surface area contributed by atoms with Gasteiger partial charge in [0, 0.05) is 19.3 Å². The Bertz CT molecular complexity index is 460. The van der Waals surface area contributed by atoms with Gasteiger partial charge in [-0.15, -0.1) is 12.4 Å². The molecular formula is C14H22ClIN4O. The summed E-state index contributed by atoms with van der Waals surface area (Å²) < 4.78 is 0.938. The molecule has 0 aromatic rings. The standard InChI is InChI=1S/C14H21IN4O.ClH/c1-3-18(4-2)10-8-16-14(20)12-13(15)19-9-6-5-7-11(19)17-12;/h5-7,9,11,17H,3-4,8,10H2,1-2H3,(H,16,20);1H. The van der Waals surface area contributed by atoms with Gasteiger partial charge in [-0.3, -0.25) is 4.79 Å². The molecule has 0 spiro atoms. The number of likely N-dealkylation sites (N-methyl/N-ethyl adjacent to an activating group) is 1. The van der Waals surface area contributed by atoms with Crippen molar-refractivity contribution in [1.29, 1.82) is 0 Å². The SMILES string of the molecule is CCN(CC)CCNC(=O)C1=C(I)N2C=CC=CC2N1.Cl. The van der Waals surface area contributed by atoms with Crippen LogP contribution in [0.15, 0.2) is 33.8 Å². The highest BCUT2D eigenvalue weighted by molar-refractivity contribution is 14.1. The third kappa shape index (κ3) is 4.37. The number of rotatable bonds is 6. The van der Waals surface area contributed by atoms with Crippen molar-refractivity contribution in [2.24, 2.45) is 0 Å². The zero-order valence-corrected chi connectivity index (χ0v) is 15.3. The lowest BCUT2D eigenvalue weighted by molar-refractivity contribution is -0.117. The highest BCUT2D eigenvalue weighted by Crippen LogP contribution is 2.28. The zero-order valence-electron chi connectivity index (χ0n) is 12.3. The summed E-state index contributed by atoms with van der Waals surface area (Å²) in [6.07, 6.45) is 8.04. The second-order valence-corrected chi connectivity index (χ2v) is 5.69. The van der Waals surface area contributed by atoms with Crippen molar-refractivity contribution < 1.29 is 4.79 Å². The minimum atomic E-state index is -0.0299. The lowest BCUT2D eigenvalue weighted by Crippen LogP contribution is -2.39. The van der Waals surface area contributed by atoms with Crippen molar-refractivity contribution in [3.05, 3.63) is 33.8 Å². The Morgan fingerprint density at radius 2 is 2.14 bits per heavy atom. The van der Waals surface area contributed by atoms with Gasteiger partial charge in [-0.25, -0.2) is 0 Å². The third-order valence-electron chi connectivity index (χ3n) is 3.51. The summed E-state index contributed by atoms with van der Waals surface area (Å²) in [6.45, 7) is 7.84. The first-order valence-electron chi connectivity index (χ1n) is 6.97. The molecule has 0 aliphatic carbocycles. The van der Waals surface area contributed by atoms with Gasteiger partial charge in [0.15, 0.2) is 0 Å². The lowest BCUT2D eigenvalue weighted by atomic mass is 10.3. The largest absolute Gasteiger partial charge is 0.355 e. The van der Waals surface area contributed by atoms with Crippen LogP contribution < -0.4 is 10.6 Å². The molecule has 0 bridgehead atoms. The number of amides is 1. The van der Waals surface area contributed by atoms with E-state index >= 15 is 0 Å². The Morgan fingerprint density at radius 3 is 2.76 bits per heavy atom. The topological polar surface area (TPSA) is 47.6 Å².